The van der Waals surface area contributed by atoms with Crippen LogP contribution in [-0.4, -0.2) is 17.8 Å². The van der Waals surface area contributed by atoms with Crippen LogP contribution in [0.1, 0.15) is 12.1 Å². The fourth-order valence-corrected chi connectivity index (χ4v) is 0.629. The van der Waals surface area contributed by atoms with Gasteiger partial charge in [-0.2, -0.15) is 23.4 Å². The van der Waals surface area contributed by atoms with Gasteiger partial charge in [0.25, 0.3) is 0 Å². The Morgan fingerprint density at radius 3 is 2.79 bits per heavy atom. The summed E-state index contributed by atoms with van der Waals surface area (Å²) in [5.74, 6) is 0. The molecule has 0 radical (unpaired) electrons. The second-order valence-electron chi connectivity index (χ2n) is 2.32. The minimum absolute atomic E-state index is 0.0352. The number of rotatable bonds is 3. The van der Waals surface area contributed by atoms with Crippen molar-refractivity contribution in [3.05, 3.63) is 12.0 Å². The molecular weight excluding hydrogens is 201 g/mol. The lowest BCUT2D eigenvalue weighted by Crippen LogP contribution is -2.13. The van der Waals surface area contributed by atoms with Gasteiger partial charge < -0.3 is 9.15 Å². The maximum Gasteiger partial charge on any atom is 0.394 e. The molecule has 1 aromatic rings. The molecule has 0 N–H and O–H groups in total. The molecule has 1 rings (SSSR count). The van der Waals surface area contributed by atoms with Gasteiger partial charge in [0.2, 0.25) is 0 Å². The van der Waals surface area contributed by atoms with E-state index in [-0.39, 0.29) is 11.8 Å². The Labute approximate surface area is 76.9 Å². The summed E-state index contributed by atoms with van der Waals surface area (Å²) in [6, 6.07) is 1.65. The maximum atomic E-state index is 11.6. The molecule has 0 aliphatic heterocycles. The van der Waals surface area contributed by atoms with Crippen LogP contribution >= 0.6 is 0 Å². The minimum Gasteiger partial charge on any atom is -0.450 e. The zero-order chi connectivity index (χ0) is 10.6. The molecule has 14 heavy (non-hydrogen) atoms. The number of nitriles is 1. The predicted molar refractivity (Wildman–Crippen MR) is 37.4 cm³/mol. The molecule has 4 nitrogen and oxygen atoms in total. The molecule has 7 heteroatoms. The number of nitrogens with zero attached hydrogens (tertiary/aromatic N) is 2. The zero-order valence-electron chi connectivity index (χ0n) is 6.84. The molecule has 1 aromatic heterocycles. The van der Waals surface area contributed by atoms with Gasteiger partial charge in [-0.25, -0.2) is 0 Å². The highest BCUT2D eigenvalue weighted by molar-refractivity contribution is 5.16. The van der Waals surface area contributed by atoms with E-state index < -0.39 is 19.2 Å². The lowest BCUT2D eigenvalue weighted by atomic mass is 10.4. The van der Waals surface area contributed by atoms with Crippen molar-refractivity contribution in [2.24, 2.45) is 0 Å². The Morgan fingerprint density at radius 2 is 2.29 bits per heavy atom. The van der Waals surface area contributed by atoms with Gasteiger partial charge in [0.15, 0.2) is 5.69 Å². The molecule has 0 aliphatic carbocycles. The first-order chi connectivity index (χ1) is 6.51. The monoisotopic (exact) mass is 206 g/mol. The first-order valence-corrected chi connectivity index (χ1v) is 3.56. The molecule has 0 amide bonds. The van der Waals surface area contributed by atoms with Crippen LogP contribution in [0.15, 0.2) is 10.7 Å². The second-order valence-corrected chi connectivity index (χ2v) is 2.32. The van der Waals surface area contributed by atoms with Crippen LogP contribution in [0.2, 0.25) is 0 Å². The van der Waals surface area contributed by atoms with Gasteiger partial charge in [0, 0.05) is 0 Å². The second kappa shape index (κ2) is 4.00. The zero-order valence-corrected chi connectivity index (χ0v) is 6.84. The van der Waals surface area contributed by atoms with Crippen LogP contribution in [0.4, 0.5) is 13.2 Å². The van der Waals surface area contributed by atoms with E-state index in [2.05, 4.69) is 14.1 Å². The van der Waals surface area contributed by atoms with E-state index in [0.29, 0.717) is 0 Å². The lowest BCUT2D eigenvalue weighted by molar-refractivity contribution is -0.140. The summed E-state index contributed by atoms with van der Waals surface area (Å²) >= 11 is 0. The van der Waals surface area contributed by atoms with Crippen LogP contribution in [0, 0.1) is 11.3 Å². The number of halogens is 3. The Bertz CT molecular complexity index is 339. The standard InChI is InChI=1S/C7H5F3N2O2/c8-7(9,10)1-2-13-6-12-5(3-11)4-14-6/h4H,1-2H2. The number of hydrogen-bond donors (Lipinski definition) is 0. The first kappa shape index (κ1) is 10.4. The van der Waals surface area contributed by atoms with Crippen molar-refractivity contribution in [1.82, 2.24) is 4.98 Å². The highest BCUT2D eigenvalue weighted by Crippen LogP contribution is 2.19. The summed E-state index contributed by atoms with van der Waals surface area (Å²) in [6.45, 7) is -0.575. The summed E-state index contributed by atoms with van der Waals surface area (Å²) in [4.78, 5) is 3.43. The highest BCUT2D eigenvalue weighted by atomic mass is 19.4. The normalized spacial score (nSPS) is 11.0. The van der Waals surface area contributed by atoms with Crippen molar-refractivity contribution in [1.29, 1.82) is 5.26 Å². The third-order valence-electron chi connectivity index (χ3n) is 1.21. The molecule has 0 unspecified atom stereocenters. The van der Waals surface area contributed by atoms with E-state index in [4.69, 9.17) is 5.26 Å². The topological polar surface area (TPSA) is 59.0 Å². The summed E-state index contributed by atoms with van der Waals surface area (Å²) in [7, 11) is 0. The Hall–Kier alpha value is -1.71. The van der Waals surface area contributed by atoms with Crippen molar-refractivity contribution in [2.45, 2.75) is 12.6 Å². The van der Waals surface area contributed by atoms with E-state index in [1.165, 1.54) is 0 Å². The van der Waals surface area contributed by atoms with Crippen LogP contribution in [0.3, 0.4) is 0 Å². The number of aromatic nitrogens is 1. The Kier molecular flexibility index (Phi) is 2.96. The van der Waals surface area contributed by atoms with E-state index in [1.807, 2.05) is 0 Å². The average Bonchev–Trinajstić information content (AvgIpc) is 2.50. The van der Waals surface area contributed by atoms with Gasteiger partial charge in [-0.1, -0.05) is 0 Å². The van der Waals surface area contributed by atoms with Gasteiger partial charge in [-0.3, -0.25) is 0 Å². The van der Waals surface area contributed by atoms with Crippen LogP contribution in [-0.2, 0) is 0 Å². The summed E-state index contributed by atoms with van der Waals surface area (Å²) < 4.78 is 44.0. The van der Waals surface area contributed by atoms with Crippen LogP contribution in [0.25, 0.3) is 0 Å². The molecular formula is C7H5F3N2O2. The van der Waals surface area contributed by atoms with Crippen molar-refractivity contribution < 1.29 is 22.3 Å². The molecule has 1 heterocycles. The maximum absolute atomic E-state index is 11.6. The number of hydrogen-bond acceptors (Lipinski definition) is 4. The van der Waals surface area contributed by atoms with Gasteiger partial charge in [0.05, 0.1) is 6.42 Å². The van der Waals surface area contributed by atoms with Crippen molar-refractivity contribution >= 4 is 0 Å². The molecule has 0 bridgehead atoms. The molecule has 0 aliphatic rings. The van der Waals surface area contributed by atoms with Crippen LogP contribution in [0.5, 0.6) is 6.08 Å². The van der Waals surface area contributed by atoms with Gasteiger partial charge in [-0.15, -0.1) is 0 Å². The van der Waals surface area contributed by atoms with E-state index in [9.17, 15) is 13.2 Å². The van der Waals surface area contributed by atoms with Gasteiger partial charge >= 0.3 is 12.3 Å². The molecule has 0 fully saturated rings. The third-order valence-corrected chi connectivity index (χ3v) is 1.21. The summed E-state index contributed by atoms with van der Waals surface area (Å²) in [6.07, 6.45) is -4.68. The fraction of sp³-hybridized carbons (Fsp3) is 0.429. The molecule has 0 saturated heterocycles. The average molecular weight is 206 g/mol. The molecule has 0 spiro atoms. The number of oxazole rings is 1. The molecule has 0 aromatic carbocycles. The van der Waals surface area contributed by atoms with Gasteiger partial charge in [-0.05, 0) is 0 Å². The Balaban J connectivity index is 2.36. The lowest BCUT2D eigenvalue weighted by Gasteiger charge is -2.04. The summed E-state index contributed by atoms with van der Waals surface area (Å²) in [5, 5.41) is 8.30. The van der Waals surface area contributed by atoms with Gasteiger partial charge in [0.1, 0.15) is 18.9 Å². The number of alkyl halides is 3. The number of ether oxygens (including phenoxy) is 1. The van der Waals surface area contributed by atoms with Crippen molar-refractivity contribution in [3.8, 4) is 12.1 Å². The predicted octanol–water partition coefficient (Wildman–Crippen LogP) is 1.88. The highest BCUT2D eigenvalue weighted by Gasteiger charge is 2.27. The molecule has 0 saturated carbocycles. The van der Waals surface area contributed by atoms with Crippen LogP contribution < -0.4 is 4.74 Å². The SMILES string of the molecule is N#Cc1coc(OCCC(F)(F)F)n1. The van der Waals surface area contributed by atoms with E-state index >= 15 is 0 Å². The molecule has 0 atom stereocenters. The summed E-state index contributed by atoms with van der Waals surface area (Å²) in [5.41, 5.74) is -0.0352. The first-order valence-electron chi connectivity index (χ1n) is 3.56. The third kappa shape index (κ3) is 3.35. The van der Waals surface area contributed by atoms with Crippen molar-refractivity contribution in [3.63, 3.8) is 0 Å². The fourth-order valence-electron chi connectivity index (χ4n) is 0.629. The molecule has 76 valence electrons. The van der Waals surface area contributed by atoms with E-state index in [0.717, 1.165) is 6.26 Å². The smallest absolute Gasteiger partial charge is 0.394 e. The van der Waals surface area contributed by atoms with E-state index in [1.54, 1.807) is 6.07 Å². The largest absolute Gasteiger partial charge is 0.450 e. The van der Waals surface area contributed by atoms with Crippen molar-refractivity contribution in [2.75, 3.05) is 6.61 Å². The minimum atomic E-state index is -4.27. The quantitative estimate of drug-likeness (QED) is 0.757. The Morgan fingerprint density at radius 1 is 1.57 bits per heavy atom.